The first-order valence-corrected chi connectivity index (χ1v) is 8.32. The van der Waals surface area contributed by atoms with Crippen molar-refractivity contribution in [1.29, 1.82) is 0 Å². The van der Waals surface area contributed by atoms with E-state index in [2.05, 4.69) is 10.2 Å². The van der Waals surface area contributed by atoms with Crippen molar-refractivity contribution < 1.29 is 9.53 Å². The van der Waals surface area contributed by atoms with E-state index in [1.54, 1.807) is 0 Å². The quantitative estimate of drug-likeness (QED) is 0.725. The van der Waals surface area contributed by atoms with Crippen molar-refractivity contribution >= 4 is 5.91 Å². The average Bonchev–Trinajstić information content (AvgIpc) is 2.56. The van der Waals surface area contributed by atoms with Crippen LogP contribution in [0.4, 0.5) is 0 Å². The van der Waals surface area contributed by atoms with Crippen molar-refractivity contribution in [2.75, 3.05) is 46.1 Å². The summed E-state index contributed by atoms with van der Waals surface area (Å²) in [7, 11) is 0. The first-order valence-electron chi connectivity index (χ1n) is 8.32. The molecule has 3 N–H and O–H groups in total. The van der Waals surface area contributed by atoms with Crippen molar-refractivity contribution in [3.05, 3.63) is 0 Å². The average molecular weight is 296 g/mol. The Labute approximate surface area is 127 Å². The molecular weight excluding hydrogens is 268 g/mol. The van der Waals surface area contributed by atoms with Gasteiger partial charge < -0.3 is 20.7 Å². The third kappa shape index (κ3) is 3.56. The number of piperidine rings is 2. The van der Waals surface area contributed by atoms with Gasteiger partial charge in [0, 0.05) is 31.1 Å². The highest BCUT2D eigenvalue weighted by Crippen LogP contribution is 2.24. The SMILES string of the molecule is NC1CNCCC1N1CCC(C(=O)N2CCCOC2)CC1. The highest BCUT2D eigenvalue weighted by molar-refractivity contribution is 5.78. The molecule has 120 valence electrons. The van der Waals surface area contributed by atoms with Crippen molar-refractivity contribution in [1.82, 2.24) is 15.1 Å². The highest BCUT2D eigenvalue weighted by Gasteiger charge is 2.34. The van der Waals surface area contributed by atoms with Gasteiger partial charge in [-0.25, -0.2) is 0 Å². The topological polar surface area (TPSA) is 70.8 Å². The van der Waals surface area contributed by atoms with Crippen LogP contribution < -0.4 is 11.1 Å². The lowest BCUT2D eigenvalue weighted by molar-refractivity contribution is -0.146. The molecule has 1 amide bonds. The molecule has 0 aliphatic carbocycles. The Kier molecular flexibility index (Phi) is 5.11. The first-order chi connectivity index (χ1) is 10.3. The van der Waals surface area contributed by atoms with Crippen LogP contribution >= 0.6 is 0 Å². The van der Waals surface area contributed by atoms with Crippen molar-refractivity contribution in [3.8, 4) is 0 Å². The summed E-state index contributed by atoms with van der Waals surface area (Å²) in [6.45, 7) is 6.11. The molecule has 3 aliphatic rings. The summed E-state index contributed by atoms with van der Waals surface area (Å²) < 4.78 is 5.40. The maximum atomic E-state index is 12.5. The summed E-state index contributed by atoms with van der Waals surface area (Å²) in [5.41, 5.74) is 6.23. The summed E-state index contributed by atoms with van der Waals surface area (Å²) in [4.78, 5) is 16.9. The van der Waals surface area contributed by atoms with Crippen LogP contribution in [0.25, 0.3) is 0 Å². The number of nitrogens with two attached hydrogens (primary N) is 1. The van der Waals surface area contributed by atoms with Gasteiger partial charge in [0.05, 0.1) is 6.61 Å². The molecule has 0 aromatic carbocycles. The second kappa shape index (κ2) is 7.05. The Bertz CT molecular complexity index is 352. The number of carbonyl (C=O) groups excluding carboxylic acids is 1. The Morgan fingerprint density at radius 2 is 2.00 bits per heavy atom. The van der Waals surface area contributed by atoms with Crippen LogP contribution in [0, 0.1) is 5.92 Å². The highest BCUT2D eigenvalue weighted by atomic mass is 16.5. The van der Waals surface area contributed by atoms with Crippen LogP contribution in [-0.4, -0.2) is 73.9 Å². The van der Waals surface area contributed by atoms with Gasteiger partial charge in [-0.2, -0.15) is 0 Å². The standard InChI is InChI=1S/C15H28N4O2/c16-13-10-17-5-2-14(13)18-7-3-12(4-8-18)15(20)19-6-1-9-21-11-19/h12-14,17H,1-11,16H2. The van der Waals surface area contributed by atoms with Crippen molar-refractivity contribution in [3.63, 3.8) is 0 Å². The molecule has 2 unspecified atom stereocenters. The third-order valence-electron chi connectivity index (χ3n) is 5.11. The molecule has 0 bridgehead atoms. The number of carbonyl (C=O) groups is 1. The predicted octanol–water partition coefficient (Wildman–Crippen LogP) is -0.406. The molecule has 3 aliphatic heterocycles. The maximum Gasteiger partial charge on any atom is 0.227 e. The van der Waals surface area contributed by atoms with Gasteiger partial charge in [0.2, 0.25) is 5.91 Å². The maximum absolute atomic E-state index is 12.5. The van der Waals surface area contributed by atoms with E-state index in [0.717, 1.165) is 65.0 Å². The van der Waals surface area contributed by atoms with Gasteiger partial charge in [-0.1, -0.05) is 0 Å². The molecule has 0 radical (unpaired) electrons. The number of hydrogen-bond donors (Lipinski definition) is 2. The molecule has 21 heavy (non-hydrogen) atoms. The molecule has 6 nitrogen and oxygen atoms in total. The van der Waals surface area contributed by atoms with E-state index in [1.165, 1.54) is 0 Å². The van der Waals surface area contributed by atoms with Gasteiger partial charge in [0.25, 0.3) is 0 Å². The third-order valence-corrected chi connectivity index (χ3v) is 5.11. The van der Waals surface area contributed by atoms with Gasteiger partial charge >= 0.3 is 0 Å². The molecule has 0 aromatic rings. The molecule has 0 saturated carbocycles. The van der Waals surface area contributed by atoms with E-state index in [1.807, 2.05) is 4.90 Å². The van der Waals surface area contributed by atoms with Gasteiger partial charge in [-0.3, -0.25) is 9.69 Å². The molecule has 0 aromatic heterocycles. The van der Waals surface area contributed by atoms with E-state index in [-0.39, 0.29) is 12.0 Å². The summed E-state index contributed by atoms with van der Waals surface area (Å²) in [6, 6.07) is 0.710. The molecule has 0 spiro atoms. The van der Waals surface area contributed by atoms with Crippen LogP contribution in [0.5, 0.6) is 0 Å². The molecule has 3 rings (SSSR count). The zero-order chi connectivity index (χ0) is 14.7. The molecular formula is C15H28N4O2. The summed E-state index contributed by atoms with van der Waals surface area (Å²) >= 11 is 0. The minimum atomic E-state index is 0.181. The fourth-order valence-corrected chi connectivity index (χ4v) is 3.83. The lowest BCUT2D eigenvalue weighted by Crippen LogP contribution is -2.58. The van der Waals surface area contributed by atoms with E-state index < -0.39 is 0 Å². The van der Waals surface area contributed by atoms with Crippen molar-refractivity contribution in [2.45, 2.75) is 37.8 Å². The number of hydrogen-bond acceptors (Lipinski definition) is 5. The zero-order valence-electron chi connectivity index (χ0n) is 12.8. The minimum absolute atomic E-state index is 0.181. The van der Waals surface area contributed by atoms with Crippen molar-refractivity contribution in [2.24, 2.45) is 11.7 Å². The first kappa shape index (κ1) is 15.2. The van der Waals surface area contributed by atoms with Gasteiger partial charge in [-0.15, -0.1) is 0 Å². The van der Waals surface area contributed by atoms with E-state index >= 15 is 0 Å². The smallest absolute Gasteiger partial charge is 0.227 e. The Balaban J connectivity index is 1.49. The number of nitrogens with zero attached hydrogens (tertiary/aromatic N) is 2. The van der Waals surface area contributed by atoms with Crippen LogP contribution in [0.2, 0.25) is 0 Å². The lowest BCUT2D eigenvalue weighted by atomic mass is 9.91. The second-order valence-corrected chi connectivity index (χ2v) is 6.53. The number of nitrogens with one attached hydrogen (secondary N) is 1. The fraction of sp³-hybridized carbons (Fsp3) is 0.933. The molecule has 3 heterocycles. The Morgan fingerprint density at radius 3 is 2.67 bits per heavy atom. The van der Waals surface area contributed by atoms with Crippen LogP contribution in [-0.2, 0) is 9.53 Å². The number of likely N-dealkylation sites (tertiary alicyclic amines) is 1. The van der Waals surface area contributed by atoms with Gasteiger partial charge in [0.15, 0.2) is 0 Å². The van der Waals surface area contributed by atoms with E-state index in [9.17, 15) is 4.79 Å². The molecule has 3 fully saturated rings. The normalized spacial score (nSPS) is 33.1. The number of amides is 1. The minimum Gasteiger partial charge on any atom is -0.361 e. The number of ether oxygens (including phenoxy) is 1. The van der Waals surface area contributed by atoms with Gasteiger partial charge in [-0.05, 0) is 45.3 Å². The van der Waals surface area contributed by atoms with Gasteiger partial charge in [0.1, 0.15) is 6.73 Å². The summed E-state index contributed by atoms with van der Waals surface area (Å²) in [5.74, 6) is 0.477. The largest absolute Gasteiger partial charge is 0.361 e. The molecule has 2 atom stereocenters. The monoisotopic (exact) mass is 296 g/mol. The fourth-order valence-electron chi connectivity index (χ4n) is 3.83. The lowest BCUT2D eigenvalue weighted by Gasteiger charge is -2.42. The Hall–Kier alpha value is -0.690. The zero-order valence-corrected chi connectivity index (χ0v) is 12.8. The number of rotatable bonds is 2. The van der Waals surface area contributed by atoms with Crippen LogP contribution in [0.1, 0.15) is 25.7 Å². The van der Waals surface area contributed by atoms with E-state index in [0.29, 0.717) is 18.7 Å². The predicted molar refractivity (Wildman–Crippen MR) is 80.7 cm³/mol. The molecule has 3 saturated heterocycles. The summed E-state index contributed by atoms with van der Waals surface area (Å²) in [5, 5.41) is 3.35. The second-order valence-electron chi connectivity index (χ2n) is 6.53. The van der Waals surface area contributed by atoms with E-state index in [4.69, 9.17) is 10.5 Å². The van der Waals surface area contributed by atoms with Crippen LogP contribution in [0.15, 0.2) is 0 Å². The Morgan fingerprint density at radius 1 is 1.19 bits per heavy atom. The molecule has 6 heteroatoms. The summed E-state index contributed by atoms with van der Waals surface area (Å²) in [6.07, 6.45) is 4.02. The van der Waals surface area contributed by atoms with Crippen LogP contribution in [0.3, 0.4) is 0 Å².